The van der Waals surface area contributed by atoms with Crippen LogP contribution in [0.25, 0.3) is 41.0 Å². The number of thiazole rings is 1. The quantitative estimate of drug-likeness (QED) is 0.287. The fraction of sp³-hybridized carbons (Fsp3) is 0.240. The molecule has 3 nitrogen and oxygen atoms in total. The van der Waals surface area contributed by atoms with Crippen LogP contribution >= 0.6 is 22.7 Å². The predicted octanol–water partition coefficient (Wildman–Crippen LogP) is 6.63. The molecule has 3 heterocycles. The van der Waals surface area contributed by atoms with Crippen molar-refractivity contribution in [1.29, 1.82) is 0 Å². The van der Waals surface area contributed by atoms with Gasteiger partial charge in [-0.25, -0.2) is 4.98 Å². The minimum atomic E-state index is -0.346. The summed E-state index contributed by atoms with van der Waals surface area (Å²) in [5, 5.41) is 3.59. The fourth-order valence-corrected chi connectivity index (χ4v) is 6.14. The molecule has 0 atom stereocenters. The van der Waals surface area contributed by atoms with Gasteiger partial charge in [0, 0.05) is 25.7 Å². The molecule has 1 fully saturated rings. The Morgan fingerprint density at radius 3 is 2.19 bits per heavy atom. The molecule has 0 aliphatic carbocycles. The highest BCUT2D eigenvalue weighted by atomic mass is 32.1. The van der Waals surface area contributed by atoms with Gasteiger partial charge < -0.3 is 9.31 Å². The molecule has 0 unspecified atom stereocenters. The summed E-state index contributed by atoms with van der Waals surface area (Å²) in [5.41, 5.74) is 2.62. The number of nitrogens with zero attached hydrogens (tertiary/aromatic N) is 1. The van der Waals surface area contributed by atoms with Crippen LogP contribution in [0.1, 0.15) is 27.7 Å². The van der Waals surface area contributed by atoms with E-state index in [1.807, 2.05) is 17.4 Å². The first kappa shape index (κ1) is 19.4. The summed E-state index contributed by atoms with van der Waals surface area (Å²) in [7, 11) is -0.346. The van der Waals surface area contributed by atoms with Gasteiger partial charge in [-0.1, -0.05) is 42.5 Å². The lowest BCUT2D eigenvalue weighted by atomic mass is 9.78. The monoisotopic (exact) mass is 443 g/mol. The lowest BCUT2D eigenvalue weighted by Gasteiger charge is -2.32. The third-order valence-electron chi connectivity index (χ3n) is 6.55. The van der Waals surface area contributed by atoms with Gasteiger partial charge in [0.2, 0.25) is 0 Å². The average Bonchev–Trinajstić information content (AvgIpc) is 3.37. The second-order valence-corrected chi connectivity index (χ2v) is 11.3. The van der Waals surface area contributed by atoms with Crippen LogP contribution in [-0.4, -0.2) is 23.3 Å². The Kier molecular flexibility index (Phi) is 4.16. The zero-order valence-electron chi connectivity index (χ0n) is 17.9. The first-order valence-electron chi connectivity index (χ1n) is 10.5. The second-order valence-electron chi connectivity index (χ2n) is 9.15. The van der Waals surface area contributed by atoms with E-state index < -0.39 is 0 Å². The minimum Gasteiger partial charge on any atom is -0.399 e. The summed E-state index contributed by atoms with van der Waals surface area (Å²) >= 11 is 3.57. The lowest BCUT2D eigenvalue weighted by Crippen LogP contribution is -2.41. The highest BCUT2D eigenvalue weighted by Crippen LogP contribution is 2.40. The Morgan fingerprint density at radius 2 is 1.45 bits per heavy atom. The summed E-state index contributed by atoms with van der Waals surface area (Å²) < 4.78 is 16.3. The largest absolute Gasteiger partial charge is 0.494 e. The number of aromatic nitrogens is 1. The third kappa shape index (κ3) is 3.05. The van der Waals surface area contributed by atoms with E-state index in [2.05, 4.69) is 82.3 Å². The molecule has 31 heavy (non-hydrogen) atoms. The Balaban J connectivity index is 1.47. The maximum absolute atomic E-state index is 6.28. The predicted molar refractivity (Wildman–Crippen MR) is 134 cm³/mol. The normalized spacial score (nSPS) is 17.9. The zero-order valence-corrected chi connectivity index (χ0v) is 19.6. The zero-order chi connectivity index (χ0) is 21.4. The van der Waals surface area contributed by atoms with Crippen molar-refractivity contribution in [2.75, 3.05) is 0 Å². The summed E-state index contributed by atoms with van der Waals surface area (Å²) in [4.78, 5) is 4.90. The standard InChI is InChI=1S/C25H22BNO2S2/c1-24(2)25(3,4)29-26(28-24)16-10-11-20-17(12-16)18-13-22-19(14-21(18)30-20)27-23(31-22)15-8-6-5-7-9-15/h5-14H,1-4H3. The van der Waals surface area contributed by atoms with Gasteiger partial charge >= 0.3 is 7.12 Å². The first-order valence-corrected chi connectivity index (χ1v) is 12.1. The number of fused-ring (bicyclic) bond motifs is 4. The molecular formula is C25H22BNO2S2. The van der Waals surface area contributed by atoms with Gasteiger partial charge in [0.15, 0.2) is 0 Å². The smallest absolute Gasteiger partial charge is 0.399 e. The average molecular weight is 443 g/mol. The Bertz CT molecular complexity index is 1440. The topological polar surface area (TPSA) is 31.4 Å². The summed E-state index contributed by atoms with van der Waals surface area (Å²) in [6.45, 7) is 8.37. The second kappa shape index (κ2) is 6.63. The lowest BCUT2D eigenvalue weighted by molar-refractivity contribution is 0.00578. The van der Waals surface area contributed by atoms with Crippen LogP contribution in [0.5, 0.6) is 0 Å². The number of benzene rings is 3. The first-order chi connectivity index (χ1) is 14.8. The van der Waals surface area contributed by atoms with Gasteiger partial charge in [-0.3, -0.25) is 0 Å². The minimum absolute atomic E-state index is 0.341. The highest BCUT2D eigenvalue weighted by molar-refractivity contribution is 7.26. The van der Waals surface area contributed by atoms with E-state index in [0.29, 0.717) is 0 Å². The molecule has 3 aromatic carbocycles. The molecule has 154 valence electrons. The van der Waals surface area contributed by atoms with Crippen LogP contribution in [0.3, 0.4) is 0 Å². The summed E-state index contributed by atoms with van der Waals surface area (Å²) in [5.74, 6) is 0. The molecule has 2 aromatic heterocycles. The molecule has 1 saturated heterocycles. The van der Waals surface area contributed by atoms with E-state index in [1.165, 1.54) is 30.4 Å². The maximum Gasteiger partial charge on any atom is 0.494 e. The van der Waals surface area contributed by atoms with Crippen LogP contribution in [-0.2, 0) is 9.31 Å². The van der Waals surface area contributed by atoms with Crippen LogP contribution in [0.15, 0.2) is 60.7 Å². The Labute approximate surface area is 189 Å². The van der Waals surface area contributed by atoms with Gasteiger partial charge in [0.05, 0.1) is 21.4 Å². The van der Waals surface area contributed by atoms with Crippen molar-refractivity contribution in [2.45, 2.75) is 38.9 Å². The molecule has 0 amide bonds. The van der Waals surface area contributed by atoms with E-state index in [4.69, 9.17) is 14.3 Å². The molecule has 0 radical (unpaired) electrons. The van der Waals surface area contributed by atoms with Crippen LogP contribution in [0.2, 0.25) is 0 Å². The molecular weight excluding hydrogens is 421 g/mol. The Morgan fingerprint density at radius 1 is 0.742 bits per heavy atom. The molecule has 1 aliphatic heterocycles. The number of thiophene rings is 1. The molecule has 6 heteroatoms. The number of hydrogen-bond donors (Lipinski definition) is 0. The molecule has 0 N–H and O–H groups in total. The molecule has 5 aromatic rings. The highest BCUT2D eigenvalue weighted by Gasteiger charge is 2.51. The number of hydrogen-bond acceptors (Lipinski definition) is 5. The van der Waals surface area contributed by atoms with Crippen molar-refractivity contribution < 1.29 is 9.31 Å². The van der Waals surface area contributed by atoms with Gasteiger partial charge in [0.25, 0.3) is 0 Å². The van der Waals surface area contributed by atoms with Gasteiger partial charge in [-0.05, 0) is 51.4 Å². The van der Waals surface area contributed by atoms with Crippen LogP contribution in [0, 0.1) is 0 Å². The van der Waals surface area contributed by atoms with Gasteiger partial charge in [-0.15, -0.1) is 22.7 Å². The van der Waals surface area contributed by atoms with E-state index in [1.54, 1.807) is 11.3 Å². The summed E-state index contributed by atoms with van der Waals surface area (Å²) in [6, 6.07) is 21.5. The van der Waals surface area contributed by atoms with Gasteiger partial charge in [0.1, 0.15) is 5.01 Å². The Hall–Kier alpha value is -2.25. The molecule has 0 bridgehead atoms. The van der Waals surface area contributed by atoms with Crippen molar-refractivity contribution in [3.63, 3.8) is 0 Å². The fourth-order valence-electron chi connectivity index (χ4n) is 4.05. The van der Waals surface area contributed by atoms with E-state index in [9.17, 15) is 0 Å². The van der Waals surface area contributed by atoms with Crippen molar-refractivity contribution in [2.24, 2.45) is 0 Å². The molecule has 1 aliphatic rings. The van der Waals surface area contributed by atoms with Crippen molar-refractivity contribution in [3.8, 4) is 10.6 Å². The van der Waals surface area contributed by atoms with E-state index in [0.717, 1.165) is 16.0 Å². The maximum atomic E-state index is 6.28. The summed E-state index contributed by atoms with van der Waals surface area (Å²) in [6.07, 6.45) is 0. The molecule has 0 spiro atoms. The van der Waals surface area contributed by atoms with Crippen LogP contribution in [0.4, 0.5) is 0 Å². The van der Waals surface area contributed by atoms with E-state index in [-0.39, 0.29) is 18.3 Å². The molecule has 6 rings (SSSR count). The number of rotatable bonds is 2. The molecule has 0 saturated carbocycles. The van der Waals surface area contributed by atoms with Crippen molar-refractivity contribution >= 4 is 65.6 Å². The van der Waals surface area contributed by atoms with E-state index >= 15 is 0 Å². The van der Waals surface area contributed by atoms with Gasteiger partial charge in [-0.2, -0.15) is 0 Å². The van der Waals surface area contributed by atoms with Crippen molar-refractivity contribution in [1.82, 2.24) is 4.98 Å². The SMILES string of the molecule is CC1(C)OB(c2ccc3sc4cc5nc(-c6ccccc6)sc5cc4c3c2)OC1(C)C. The third-order valence-corrected chi connectivity index (χ3v) is 8.75. The van der Waals surface area contributed by atoms with Crippen LogP contribution < -0.4 is 5.46 Å². The van der Waals surface area contributed by atoms with Crippen molar-refractivity contribution in [3.05, 3.63) is 60.7 Å².